The van der Waals surface area contributed by atoms with Gasteiger partial charge in [0.05, 0.1) is 0 Å². The van der Waals surface area contributed by atoms with Crippen molar-refractivity contribution in [2.75, 3.05) is 6.16 Å². The molecule has 0 aliphatic heterocycles. The Bertz CT molecular complexity index is 361. The summed E-state index contributed by atoms with van der Waals surface area (Å²) in [6, 6.07) is 4.10. The molecular weight excluding hydrogens is 198 g/mol. The molecule has 0 saturated heterocycles. The molecule has 0 bridgehead atoms. The first-order valence-corrected chi connectivity index (χ1v) is 5.69. The van der Waals surface area contributed by atoms with Crippen LogP contribution in [0.3, 0.4) is 0 Å². The average molecular weight is 215 g/mol. The fraction of sp³-hybridized carbons (Fsp3) is 0.417. The van der Waals surface area contributed by atoms with E-state index in [1.165, 1.54) is 5.56 Å². The van der Waals surface area contributed by atoms with Crippen LogP contribution in [0.15, 0.2) is 12.1 Å². The van der Waals surface area contributed by atoms with Gasteiger partial charge in [0.25, 0.3) is 0 Å². The third-order valence-corrected chi connectivity index (χ3v) is 2.88. The van der Waals surface area contributed by atoms with Crippen LogP contribution < -0.4 is 0 Å². The van der Waals surface area contributed by atoms with E-state index in [9.17, 15) is 4.79 Å². The summed E-state index contributed by atoms with van der Waals surface area (Å²) < 4.78 is 0. The number of aryl methyl sites for hydroxylation is 2. The number of rotatable bonds is 3. The van der Waals surface area contributed by atoms with Gasteiger partial charge < -0.3 is 0 Å². The van der Waals surface area contributed by atoms with Crippen molar-refractivity contribution in [3.05, 3.63) is 34.4 Å². The molecular formula is C12H17LiOP. The zero-order valence-electron chi connectivity index (χ0n) is 10.1. The summed E-state index contributed by atoms with van der Waals surface area (Å²) in [7, 11) is 2.60. The fourth-order valence-corrected chi connectivity index (χ4v) is 1.90. The van der Waals surface area contributed by atoms with Gasteiger partial charge in [0.1, 0.15) is 0 Å². The Kier molecular flexibility index (Phi) is 6.45. The Hall–Kier alpha value is -0.0826. The number of ketones is 1. The summed E-state index contributed by atoms with van der Waals surface area (Å²) in [4.78, 5) is 11.8. The van der Waals surface area contributed by atoms with Crippen molar-refractivity contribution in [2.24, 2.45) is 0 Å². The maximum Gasteiger partial charge on any atom is 0.163 e. The maximum absolute atomic E-state index is 11.8. The molecule has 1 radical (unpaired) electrons. The van der Waals surface area contributed by atoms with Crippen molar-refractivity contribution in [1.29, 1.82) is 0 Å². The molecule has 1 aromatic carbocycles. The van der Waals surface area contributed by atoms with Crippen LogP contribution in [-0.2, 0) is 0 Å². The second kappa shape index (κ2) is 6.49. The van der Waals surface area contributed by atoms with Crippen LogP contribution in [0.2, 0.25) is 0 Å². The summed E-state index contributed by atoms with van der Waals surface area (Å²) in [6.45, 7) is 6.08. The zero-order valence-corrected chi connectivity index (χ0v) is 11.2. The summed E-state index contributed by atoms with van der Waals surface area (Å²) in [5.41, 5.74) is 4.35. The third kappa shape index (κ3) is 3.46. The van der Waals surface area contributed by atoms with E-state index in [-0.39, 0.29) is 24.6 Å². The first-order chi connectivity index (χ1) is 6.57. The van der Waals surface area contributed by atoms with Crippen molar-refractivity contribution in [3.8, 4) is 0 Å². The maximum atomic E-state index is 11.8. The van der Waals surface area contributed by atoms with E-state index in [2.05, 4.69) is 15.3 Å². The van der Waals surface area contributed by atoms with Gasteiger partial charge in [0, 0.05) is 30.8 Å². The number of carbonyl (C=O) groups excluding carboxylic acids is 1. The quantitative estimate of drug-likeness (QED) is 0.430. The van der Waals surface area contributed by atoms with E-state index in [4.69, 9.17) is 0 Å². The number of benzene rings is 1. The molecule has 0 spiro atoms. The van der Waals surface area contributed by atoms with Crippen molar-refractivity contribution in [1.82, 2.24) is 0 Å². The van der Waals surface area contributed by atoms with Gasteiger partial charge in [0.2, 0.25) is 0 Å². The second-order valence-corrected chi connectivity index (χ2v) is 4.24. The van der Waals surface area contributed by atoms with Crippen LogP contribution in [0.4, 0.5) is 0 Å². The molecule has 0 saturated carbocycles. The van der Waals surface area contributed by atoms with Crippen molar-refractivity contribution >= 4 is 33.9 Å². The van der Waals surface area contributed by atoms with Crippen molar-refractivity contribution in [2.45, 2.75) is 27.2 Å². The normalized spacial score (nSPS) is 9.60. The van der Waals surface area contributed by atoms with E-state index in [1.807, 2.05) is 26.8 Å². The van der Waals surface area contributed by atoms with E-state index in [0.29, 0.717) is 6.42 Å². The van der Waals surface area contributed by atoms with E-state index in [1.54, 1.807) is 0 Å². The Labute approximate surface area is 106 Å². The molecule has 0 amide bonds. The molecule has 0 heterocycles. The SMILES string of the molecule is Cc1ccc(C)c(C(=O)CCP)c1C.[Li]. The number of carbonyl (C=O) groups is 1. The Morgan fingerprint density at radius 2 is 1.73 bits per heavy atom. The molecule has 1 aromatic rings. The van der Waals surface area contributed by atoms with Crippen LogP contribution in [0.1, 0.15) is 33.5 Å². The molecule has 0 aromatic heterocycles. The Balaban J connectivity index is 0.00000196. The van der Waals surface area contributed by atoms with Crippen LogP contribution in [0, 0.1) is 20.8 Å². The monoisotopic (exact) mass is 215 g/mol. The second-order valence-electron chi connectivity index (χ2n) is 3.66. The van der Waals surface area contributed by atoms with Gasteiger partial charge >= 0.3 is 0 Å². The summed E-state index contributed by atoms with van der Waals surface area (Å²) in [5.74, 6) is 0.263. The molecule has 3 heteroatoms. The number of hydrogen-bond acceptors (Lipinski definition) is 1. The fourth-order valence-electron chi connectivity index (χ4n) is 1.64. The topological polar surface area (TPSA) is 17.1 Å². The van der Waals surface area contributed by atoms with E-state index < -0.39 is 0 Å². The minimum Gasteiger partial charge on any atom is -0.294 e. The Morgan fingerprint density at radius 3 is 2.27 bits per heavy atom. The summed E-state index contributed by atoms with van der Waals surface area (Å²) in [5, 5.41) is 0. The van der Waals surface area contributed by atoms with Crippen LogP contribution in [0.25, 0.3) is 0 Å². The number of hydrogen-bond donors (Lipinski definition) is 0. The molecule has 1 atom stereocenters. The van der Waals surface area contributed by atoms with Gasteiger partial charge in [-0.05, 0) is 43.6 Å². The summed E-state index contributed by atoms with van der Waals surface area (Å²) >= 11 is 0. The minimum atomic E-state index is 0. The molecule has 1 unspecified atom stereocenters. The molecule has 0 fully saturated rings. The van der Waals surface area contributed by atoms with Crippen LogP contribution in [0.5, 0.6) is 0 Å². The zero-order chi connectivity index (χ0) is 10.7. The largest absolute Gasteiger partial charge is 0.294 e. The molecule has 0 aliphatic carbocycles. The molecule has 15 heavy (non-hydrogen) atoms. The van der Waals surface area contributed by atoms with Crippen LogP contribution in [-0.4, -0.2) is 30.8 Å². The van der Waals surface area contributed by atoms with Gasteiger partial charge in [-0.3, -0.25) is 4.79 Å². The van der Waals surface area contributed by atoms with Crippen molar-refractivity contribution in [3.63, 3.8) is 0 Å². The molecule has 1 rings (SSSR count). The molecule has 77 valence electrons. The van der Waals surface area contributed by atoms with Gasteiger partial charge in [-0.1, -0.05) is 12.1 Å². The van der Waals surface area contributed by atoms with Gasteiger partial charge in [-0.25, -0.2) is 0 Å². The third-order valence-electron chi connectivity index (χ3n) is 2.59. The smallest absolute Gasteiger partial charge is 0.163 e. The van der Waals surface area contributed by atoms with E-state index in [0.717, 1.165) is 22.9 Å². The first-order valence-electron chi connectivity index (χ1n) is 4.88. The molecule has 1 nitrogen and oxygen atoms in total. The number of Topliss-reactive ketones (excluding diaryl/α,β-unsaturated/α-hetero) is 1. The first kappa shape index (κ1) is 14.9. The standard InChI is InChI=1S/C12H17OP.Li/c1-8-4-5-9(2)12(10(8)3)11(13)6-7-14;/h4-5H,6-7,14H2,1-3H3;. The van der Waals surface area contributed by atoms with Gasteiger partial charge in [0.15, 0.2) is 5.78 Å². The van der Waals surface area contributed by atoms with Crippen molar-refractivity contribution < 1.29 is 4.79 Å². The molecule has 0 aliphatic rings. The molecule has 0 N–H and O–H groups in total. The predicted molar refractivity (Wildman–Crippen MR) is 69.9 cm³/mol. The van der Waals surface area contributed by atoms with Gasteiger partial charge in [-0.2, -0.15) is 0 Å². The van der Waals surface area contributed by atoms with Gasteiger partial charge in [-0.15, -0.1) is 9.24 Å². The minimum absolute atomic E-state index is 0. The van der Waals surface area contributed by atoms with Crippen LogP contribution >= 0.6 is 9.24 Å². The predicted octanol–water partition coefficient (Wildman–Crippen LogP) is 2.68. The summed E-state index contributed by atoms with van der Waals surface area (Å²) in [6.07, 6.45) is 1.46. The average Bonchev–Trinajstić information content (AvgIpc) is 2.13. The Morgan fingerprint density at radius 1 is 1.20 bits per heavy atom. The van der Waals surface area contributed by atoms with E-state index >= 15 is 0 Å².